The average Bonchev–Trinajstić information content (AvgIpc) is 3.70. The molecule has 1 aliphatic heterocycles. The monoisotopic (exact) mass is 706 g/mol. The molecule has 0 N–H and O–H groups in total. The first kappa shape index (κ1) is 38.0. The van der Waals surface area contributed by atoms with Crippen LogP contribution >= 0.6 is 0 Å². The Hall–Kier alpha value is -1.74. The van der Waals surface area contributed by atoms with Crippen molar-refractivity contribution in [1.82, 2.24) is 0 Å². The molecule has 0 unspecified atom stereocenters. The van der Waals surface area contributed by atoms with E-state index in [9.17, 15) is 0 Å². The molecule has 2 aromatic carbocycles. The summed E-state index contributed by atoms with van der Waals surface area (Å²) in [6.07, 6.45) is 12.8. The van der Waals surface area contributed by atoms with E-state index in [4.69, 9.17) is 28.1 Å². The minimum absolute atomic E-state index is 0.0384. The van der Waals surface area contributed by atoms with E-state index >= 15 is 0 Å². The molecule has 0 aromatic heterocycles. The molecule has 0 amide bonds. The fraction of sp³-hybridized carbons (Fsp3) is 0.721. The highest BCUT2D eigenvalue weighted by Gasteiger charge is 2.67. The second kappa shape index (κ2) is 16.5. The highest BCUT2D eigenvalue weighted by Crippen LogP contribution is 2.66. The van der Waals surface area contributed by atoms with Crippen LogP contribution in [0.25, 0.3) is 0 Å². The van der Waals surface area contributed by atoms with Gasteiger partial charge in [0.2, 0.25) is 0 Å². The number of hydrogen-bond acceptors (Lipinski definition) is 6. The number of hydrogen-bond donors (Lipinski definition) is 0. The average molecular weight is 707 g/mol. The van der Waals surface area contributed by atoms with Gasteiger partial charge >= 0.3 is 0 Å². The van der Waals surface area contributed by atoms with Crippen molar-refractivity contribution in [3.8, 4) is 5.75 Å². The van der Waals surface area contributed by atoms with Crippen LogP contribution in [0.15, 0.2) is 48.5 Å². The quantitative estimate of drug-likeness (QED) is 0.121. The highest BCUT2D eigenvalue weighted by atomic mass is 28.4. The van der Waals surface area contributed by atoms with E-state index in [2.05, 4.69) is 83.3 Å². The molecule has 0 bridgehead atoms. The summed E-state index contributed by atoms with van der Waals surface area (Å²) in [5.41, 5.74) is 4.04. The van der Waals surface area contributed by atoms with Gasteiger partial charge in [-0.05, 0) is 97.3 Å². The summed E-state index contributed by atoms with van der Waals surface area (Å²) in [7, 11) is -1.61. The minimum atomic E-state index is -1.61. The van der Waals surface area contributed by atoms with Crippen LogP contribution in [0, 0.1) is 17.3 Å². The number of fused-ring (bicyclic) bond motifs is 6. The summed E-state index contributed by atoms with van der Waals surface area (Å²) in [5.74, 6) is 2.03. The third kappa shape index (κ3) is 8.39. The Bertz CT molecular complexity index is 1350. The largest absolute Gasteiger partial charge is 0.489 e. The summed E-state index contributed by atoms with van der Waals surface area (Å²) in [6, 6.07) is 17.2. The first-order valence-electron chi connectivity index (χ1n) is 19.9. The predicted octanol–water partition coefficient (Wildman–Crippen LogP) is 10.2. The van der Waals surface area contributed by atoms with Gasteiger partial charge in [-0.25, -0.2) is 0 Å². The topological polar surface area (TPSA) is 55.4 Å². The van der Waals surface area contributed by atoms with Crippen LogP contribution in [0.4, 0.5) is 0 Å². The first-order chi connectivity index (χ1) is 24.0. The third-order valence-corrected chi connectivity index (χ3v) is 17.7. The summed E-state index contributed by atoms with van der Waals surface area (Å²) in [6.45, 7) is 19.1. The standard InChI is InChI=1S/C43H66O6Si/c1-41(2,3)50(5,6)49-25-15-10-8-7-9-14-24-44-26-27-45-39-31-42(4)38(22-23-43(42)47-28-29-48-43)37-20-18-34-30-35(19-21-36(34)40(37)39)46-32-33-16-12-11-13-17-33/h11-13,16-17,19,21,30,37-40H,7-10,14-15,18,20,22-29,31-32H2,1-6H3/t37-,38-,39-,40+,42-/m0/s1. The Morgan fingerprint density at radius 1 is 0.840 bits per heavy atom. The second-order valence-electron chi connectivity index (χ2n) is 17.3. The molecule has 6 rings (SSSR count). The van der Waals surface area contributed by atoms with E-state index < -0.39 is 14.1 Å². The number of benzene rings is 2. The van der Waals surface area contributed by atoms with Gasteiger partial charge in [-0.3, -0.25) is 0 Å². The van der Waals surface area contributed by atoms with Crippen molar-refractivity contribution in [2.75, 3.05) is 39.6 Å². The van der Waals surface area contributed by atoms with Gasteiger partial charge in [-0.15, -0.1) is 0 Å². The molecule has 0 radical (unpaired) electrons. The molecule has 2 saturated carbocycles. The smallest absolute Gasteiger partial charge is 0.191 e. The molecular weight excluding hydrogens is 641 g/mol. The molecule has 2 aromatic rings. The maximum absolute atomic E-state index is 6.87. The maximum atomic E-state index is 6.87. The zero-order valence-corrected chi connectivity index (χ0v) is 33.1. The van der Waals surface area contributed by atoms with Gasteiger partial charge in [0.25, 0.3) is 0 Å². The van der Waals surface area contributed by atoms with E-state index in [1.807, 2.05) is 6.07 Å². The first-order valence-corrected chi connectivity index (χ1v) is 22.8. The van der Waals surface area contributed by atoms with Gasteiger partial charge < -0.3 is 28.1 Å². The Balaban J connectivity index is 0.984. The summed E-state index contributed by atoms with van der Waals surface area (Å²) < 4.78 is 38.5. The van der Waals surface area contributed by atoms with Gasteiger partial charge in [0, 0.05) is 31.0 Å². The zero-order valence-electron chi connectivity index (χ0n) is 32.1. The molecule has 1 saturated heterocycles. The summed E-state index contributed by atoms with van der Waals surface area (Å²) in [5, 5.41) is 0.292. The third-order valence-electron chi connectivity index (χ3n) is 13.2. The van der Waals surface area contributed by atoms with Crippen LogP contribution in [0.2, 0.25) is 18.1 Å². The van der Waals surface area contributed by atoms with Gasteiger partial charge in [0.1, 0.15) is 12.4 Å². The van der Waals surface area contributed by atoms with Crippen molar-refractivity contribution in [3.63, 3.8) is 0 Å². The lowest BCUT2D eigenvalue weighted by atomic mass is 9.53. The summed E-state index contributed by atoms with van der Waals surface area (Å²) in [4.78, 5) is 0. The normalized spacial score (nSPS) is 27.2. The van der Waals surface area contributed by atoms with Crippen molar-refractivity contribution >= 4 is 8.32 Å². The van der Waals surface area contributed by atoms with Crippen molar-refractivity contribution in [1.29, 1.82) is 0 Å². The van der Waals surface area contributed by atoms with Crippen molar-refractivity contribution in [2.24, 2.45) is 17.3 Å². The second-order valence-corrected chi connectivity index (χ2v) is 22.1. The van der Waals surface area contributed by atoms with Crippen LogP contribution in [0.1, 0.15) is 115 Å². The Labute approximate surface area is 304 Å². The van der Waals surface area contributed by atoms with Crippen molar-refractivity contribution in [3.05, 3.63) is 65.2 Å². The fourth-order valence-corrected chi connectivity index (χ4v) is 10.5. The van der Waals surface area contributed by atoms with Crippen LogP contribution in [0.5, 0.6) is 5.75 Å². The highest BCUT2D eigenvalue weighted by molar-refractivity contribution is 6.74. The molecule has 6 nitrogen and oxygen atoms in total. The maximum Gasteiger partial charge on any atom is 0.191 e. The number of ether oxygens (including phenoxy) is 5. The van der Waals surface area contributed by atoms with Gasteiger partial charge in [0.15, 0.2) is 14.1 Å². The van der Waals surface area contributed by atoms with E-state index in [-0.39, 0.29) is 11.5 Å². The van der Waals surface area contributed by atoms with E-state index in [0.717, 1.165) is 44.6 Å². The Morgan fingerprint density at radius 3 is 2.30 bits per heavy atom. The van der Waals surface area contributed by atoms with Gasteiger partial charge in [-0.2, -0.15) is 0 Å². The molecule has 50 heavy (non-hydrogen) atoms. The van der Waals surface area contributed by atoms with Crippen molar-refractivity contribution in [2.45, 2.75) is 141 Å². The Morgan fingerprint density at radius 2 is 1.56 bits per heavy atom. The lowest BCUT2D eigenvalue weighted by Gasteiger charge is -2.55. The van der Waals surface area contributed by atoms with E-state index in [1.165, 1.54) is 61.6 Å². The molecular formula is C43H66O6Si. The number of unbranched alkanes of at least 4 members (excludes halogenated alkanes) is 5. The lowest BCUT2D eigenvalue weighted by molar-refractivity contribution is -0.250. The summed E-state index contributed by atoms with van der Waals surface area (Å²) >= 11 is 0. The van der Waals surface area contributed by atoms with E-state index in [1.54, 1.807) is 0 Å². The molecule has 4 aliphatic rings. The van der Waals surface area contributed by atoms with Crippen molar-refractivity contribution < 1.29 is 28.1 Å². The lowest BCUT2D eigenvalue weighted by Crippen LogP contribution is -2.56. The molecule has 278 valence electrons. The van der Waals surface area contributed by atoms with Crippen LogP contribution in [-0.2, 0) is 36.4 Å². The number of aryl methyl sites for hydroxylation is 1. The Kier molecular flexibility index (Phi) is 12.5. The van der Waals surface area contributed by atoms with E-state index in [0.29, 0.717) is 55.8 Å². The van der Waals surface area contributed by atoms with Crippen LogP contribution in [0.3, 0.4) is 0 Å². The zero-order chi connectivity index (χ0) is 35.2. The molecule has 3 fully saturated rings. The molecule has 5 atom stereocenters. The predicted molar refractivity (Wildman–Crippen MR) is 203 cm³/mol. The molecule has 1 heterocycles. The van der Waals surface area contributed by atoms with Gasteiger partial charge in [-0.1, -0.05) is 89.8 Å². The molecule has 3 aliphatic carbocycles. The fourth-order valence-electron chi connectivity index (χ4n) is 9.39. The van der Waals surface area contributed by atoms with Crippen LogP contribution < -0.4 is 4.74 Å². The molecule has 1 spiro atoms. The number of rotatable bonds is 17. The SMILES string of the molecule is CC(C)(C)[Si](C)(C)OCCCCCCCCOCCO[C@H]1C[C@@]2(C)[C@@H](CCC23OCCO3)[C@@H]2CCc3cc(OCc4ccccc4)ccc3[C@H]21. The molecule has 7 heteroatoms. The minimum Gasteiger partial charge on any atom is -0.489 e. The van der Waals surface area contributed by atoms with Gasteiger partial charge in [0.05, 0.1) is 32.5 Å². The van der Waals surface area contributed by atoms with Crippen LogP contribution in [-0.4, -0.2) is 59.8 Å².